The lowest BCUT2D eigenvalue weighted by Crippen LogP contribution is -2.30. The second-order valence-electron chi connectivity index (χ2n) is 8.93. The van der Waals surface area contributed by atoms with Crippen LogP contribution in [0.25, 0.3) is 0 Å². The van der Waals surface area contributed by atoms with Gasteiger partial charge in [-0.1, -0.05) is 66.0 Å². The summed E-state index contributed by atoms with van der Waals surface area (Å²) >= 11 is 0. The van der Waals surface area contributed by atoms with E-state index in [0.29, 0.717) is 37.1 Å². The molecule has 0 aromatic heterocycles. The van der Waals surface area contributed by atoms with E-state index in [0.717, 1.165) is 18.6 Å². The molecule has 1 aromatic carbocycles. The molecule has 0 radical (unpaired) electrons. The fourth-order valence-corrected chi connectivity index (χ4v) is 4.27. The van der Waals surface area contributed by atoms with Gasteiger partial charge in [0.2, 0.25) is 0 Å². The number of aryl methyl sites for hydroxylation is 1. The number of rotatable bonds is 12. The van der Waals surface area contributed by atoms with Crippen molar-refractivity contribution in [1.29, 1.82) is 0 Å². The highest BCUT2D eigenvalue weighted by Crippen LogP contribution is 2.28. The molecule has 1 aliphatic rings. The topological polar surface area (TPSA) is 27.7 Å². The summed E-state index contributed by atoms with van der Waals surface area (Å²) in [7, 11) is 0. The minimum atomic E-state index is -0.225. The van der Waals surface area contributed by atoms with Gasteiger partial charge in [-0.05, 0) is 54.7 Å². The van der Waals surface area contributed by atoms with Crippen LogP contribution >= 0.6 is 0 Å². The molecule has 0 bridgehead atoms. The van der Waals surface area contributed by atoms with Crippen LogP contribution in [-0.2, 0) is 15.9 Å². The largest absolute Gasteiger partial charge is 0.465 e. The second kappa shape index (κ2) is 12.5. The minimum absolute atomic E-state index is 0.225. The Morgan fingerprint density at radius 1 is 0.893 bits per heavy atom. The number of hydrogen-bond acceptors (Lipinski definition) is 3. The standard InChI is InChI=1S/C25H42O3/c1-6-21-12-14-23(15-13-21)28-25(18-24(19(2)3)20(4)5)27-17-16-26-22-10-8-7-9-11-22/h12-15,19-20,22,24-25H,6-11,16-18H2,1-5H3. The van der Waals surface area contributed by atoms with E-state index >= 15 is 0 Å². The van der Waals surface area contributed by atoms with Crippen molar-refractivity contribution in [2.24, 2.45) is 17.8 Å². The van der Waals surface area contributed by atoms with E-state index in [1.54, 1.807) is 0 Å². The third-order valence-corrected chi connectivity index (χ3v) is 6.07. The second-order valence-corrected chi connectivity index (χ2v) is 8.93. The van der Waals surface area contributed by atoms with Crippen molar-refractivity contribution in [2.75, 3.05) is 13.2 Å². The maximum Gasteiger partial charge on any atom is 0.200 e. The Morgan fingerprint density at radius 2 is 1.54 bits per heavy atom. The van der Waals surface area contributed by atoms with Gasteiger partial charge in [-0.15, -0.1) is 0 Å². The molecule has 0 N–H and O–H groups in total. The van der Waals surface area contributed by atoms with Gasteiger partial charge in [0, 0.05) is 6.42 Å². The lowest BCUT2D eigenvalue weighted by atomic mass is 9.83. The van der Waals surface area contributed by atoms with Crippen molar-refractivity contribution in [3.8, 4) is 5.75 Å². The molecule has 160 valence electrons. The maximum atomic E-state index is 6.26. The lowest BCUT2D eigenvalue weighted by molar-refractivity contribution is -0.118. The Bertz CT molecular complexity index is 509. The normalized spacial score (nSPS) is 16.9. The predicted molar refractivity (Wildman–Crippen MR) is 117 cm³/mol. The van der Waals surface area contributed by atoms with Crippen LogP contribution in [-0.4, -0.2) is 25.6 Å². The molecule has 0 spiro atoms. The summed E-state index contributed by atoms with van der Waals surface area (Å²) in [6, 6.07) is 8.41. The van der Waals surface area contributed by atoms with E-state index in [1.165, 1.54) is 37.7 Å². The average molecular weight is 391 g/mol. The molecule has 0 amide bonds. The molecular weight excluding hydrogens is 348 g/mol. The van der Waals surface area contributed by atoms with Crippen LogP contribution in [0.4, 0.5) is 0 Å². The molecule has 1 fully saturated rings. The molecular formula is C25H42O3. The van der Waals surface area contributed by atoms with E-state index in [4.69, 9.17) is 14.2 Å². The van der Waals surface area contributed by atoms with Gasteiger partial charge < -0.3 is 14.2 Å². The van der Waals surface area contributed by atoms with Crippen LogP contribution in [0.5, 0.6) is 5.75 Å². The monoisotopic (exact) mass is 390 g/mol. The molecule has 3 nitrogen and oxygen atoms in total. The van der Waals surface area contributed by atoms with Crippen LogP contribution < -0.4 is 4.74 Å². The summed E-state index contributed by atoms with van der Waals surface area (Å²) in [6.45, 7) is 12.6. The van der Waals surface area contributed by atoms with Crippen molar-refractivity contribution in [1.82, 2.24) is 0 Å². The molecule has 1 aliphatic carbocycles. The first-order valence-corrected chi connectivity index (χ1v) is 11.5. The molecule has 1 atom stereocenters. The van der Waals surface area contributed by atoms with Gasteiger partial charge in [-0.3, -0.25) is 0 Å². The van der Waals surface area contributed by atoms with Gasteiger partial charge in [0.25, 0.3) is 0 Å². The molecule has 28 heavy (non-hydrogen) atoms. The van der Waals surface area contributed by atoms with Gasteiger partial charge in [-0.25, -0.2) is 0 Å². The predicted octanol–water partition coefficient (Wildman–Crippen LogP) is 6.64. The highest BCUT2D eigenvalue weighted by atomic mass is 16.7. The minimum Gasteiger partial charge on any atom is -0.465 e. The van der Waals surface area contributed by atoms with Crippen molar-refractivity contribution < 1.29 is 14.2 Å². The summed E-state index contributed by atoms with van der Waals surface area (Å²) in [5.74, 6) is 2.67. The molecule has 1 unspecified atom stereocenters. The van der Waals surface area contributed by atoms with E-state index in [-0.39, 0.29) is 6.29 Å². The zero-order valence-electron chi connectivity index (χ0n) is 18.8. The van der Waals surface area contributed by atoms with Crippen LogP contribution in [0.3, 0.4) is 0 Å². The quantitative estimate of drug-likeness (QED) is 0.296. The number of hydrogen-bond donors (Lipinski definition) is 0. The lowest BCUT2D eigenvalue weighted by Gasteiger charge is -2.30. The Kier molecular flexibility index (Phi) is 10.4. The Labute approximate surface area is 173 Å². The Morgan fingerprint density at radius 3 is 2.11 bits per heavy atom. The summed E-state index contributed by atoms with van der Waals surface area (Å²) < 4.78 is 18.5. The van der Waals surface area contributed by atoms with E-state index in [9.17, 15) is 0 Å². The van der Waals surface area contributed by atoms with E-state index in [1.807, 2.05) is 0 Å². The summed E-state index contributed by atoms with van der Waals surface area (Å²) in [6.07, 6.45) is 8.52. The fourth-order valence-electron chi connectivity index (χ4n) is 4.27. The maximum absolute atomic E-state index is 6.26. The summed E-state index contributed by atoms with van der Waals surface area (Å²) in [4.78, 5) is 0. The smallest absolute Gasteiger partial charge is 0.200 e. The van der Waals surface area contributed by atoms with Crippen molar-refractivity contribution in [3.05, 3.63) is 29.8 Å². The van der Waals surface area contributed by atoms with E-state index < -0.39 is 0 Å². The van der Waals surface area contributed by atoms with Crippen molar-refractivity contribution in [3.63, 3.8) is 0 Å². The molecule has 0 saturated heterocycles. The van der Waals surface area contributed by atoms with Gasteiger partial charge in [0.1, 0.15) is 5.75 Å². The summed E-state index contributed by atoms with van der Waals surface area (Å²) in [5, 5.41) is 0. The van der Waals surface area contributed by atoms with Crippen LogP contribution in [0, 0.1) is 17.8 Å². The van der Waals surface area contributed by atoms with E-state index in [2.05, 4.69) is 58.9 Å². The number of benzene rings is 1. The third-order valence-electron chi connectivity index (χ3n) is 6.07. The first kappa shape index (κ1) is 23.2. The number of ether oxygens (including phenoxy) is 3. The fraction of sp³-hybridized carbons (Fsp3) is 0.760. The Balaban J connectivity index is 1.89. The highest BCUT2D eigenvalue weighted by Gasteiger charge is 2.24. The van der Waals surface area contributed by atoms with Gasteiger partial charge in [0.15, 0.2) is 6.29 Å². The molecule has 0 aliphatic heterocycles. The van der Waals surface area contributed by atoms with Crippen molar-refractivity contribution in [2.45, 2.75) is 92.0 Å². The zero-order valence-corrected chi connectivity index (χ0v) is 18.8. The highest BCUT2D eigenvalue weighted by molar-refractivity contribution is 5.27. The molecule has 0 heterocycles. The van der Waals surface area contributed by atoms with Crippen molar-refractivity contribution >= 4 is 0 Å². The molecule has 2 rings (SSSR count). The Hall–Kier alpha value is -1.06. The van der Waals surface area contributed by atoms with Crippen LogP contribution in [0.2, 0.25) is 0 Å². The molecule has 1 aromatic rings. The average Bonchev–Trinajstić information content (AvgIpc) is 2.69. The zero-order chi connectivity index (χ0) is 20.4. The van der Waals surface area contributed by atoms with Crippen LogP contribution in [0.15, 0.2) is 24.3 Å². The first-order chi connectivity index (χ1) is 13.5. The van der Waals surface area contributed by atoms with Gasteiger partial charge >= 0.3 is 0 Å². The molecule has 3 heteroatoms. The molecule has 1 saturated carbocycles. The van der Waals surface area contributed by atoms with Gasteiger partial charge in [-0.2, -0.15) is 0 Å². The first-order valence-electron chi connectivity index (χ1n) is 11.5. The SMILES string of the molecule is CCc1ccc(OC(CC(C(C)C)C(C)C)OCCOC2CCCCC2)cc1. The van der Waals surface area contributed by atoms with Crippen LogP contribution in [0.1, 0.15) is 78.7 Å². The third kappa shape index (κ3) is 8.13. The van der Waals surface area contributed by atoms with Gasteiger partial charge in [0.05, 0.1) is 19.3 Å². The summed E-state index contributed by atoms with van der Waals surface area (Å²) in [5.41, 5.74) is 1.33.